The molecule has 2 aromatic rings. The summed E-state index contributed by atoms with van der Waals surface area (Å²) in [5, 5.41) is 3.91. The number of hydrogen-bond acceptors (Lipinski definition) is 4. The zero-order valence-electron chi connectivity index (χ0n) is 10.5. The van der Waals surface area contributed by atoms with E-state index in [1.807, 2.05) is 13.8 Å². The van der Waals surface area contributed by atoms with Crippen LogP contribution in [0.2, 0.25) is 0 Å². The van der Waals surface area contributed by atoms with Gasteiger partial charge < -0.3 is 10.3 Å². The second kappa shape index (κ2) is 5.77. The Balaban J connectivity index is 1.77. The maximum atomic E-state index is 11.7. The molecule has 0 aliphatic rings. The molecule has 18 heavy (non-hydrogen) atoms. The number of aromatic nitrogens is 3. The number of carbonyl (C=O) groups excluding carboxylic acids is 1. The van der Waals surface area contributed by atoms with E-state index in [1.165, 1.54) is 0 Å². The van der Waals surface area contributed by atoms with Crippen molar-refractivity contribution in [3.05, 3.63) is 33.8 Å². The summed E-state index contributed by atoms with van der Waals surface area (Å²) in [7, 11) is 0. The predicted octanol–water partition coefficient (Wildman–Crippen LogP) is 1.38. The van der Waals surface area contributed by atoms with Gasteiger partial charge in [-0.2, -0.15) is 0 Å². The molecule has 0 radical (unpaired) electrons. The molecule has 0 spiro atoms. The smallest absolute Gasteiger partial charge is 0.225 e. The van der Waals surface area contributed by atoms with Crippen molar-refractivity contribution in [1.82, 2.24) is 20.3 Å². The lowest BCUT2D eigenvalue weighted by Crippen LogP contribution is -2.27. The van der Waals surface area contributed by atoms with Crippen molar-refractivity contribution in [2.75, 3.05) is 6.54 Å². The summed E-state index contributed by atoms with van der Waals surface area (Å²) >= 11 is 1.59. The number of aryl methyl sites for hydroxylation is 2. The number of imidazole rings is 1. The van der Waals surface area contributed by atoms with Gasteiger partial charge in [-0.1, -0.05) is 0 Å². The number of carbonyl (C=O) groups is 1. The first-order valence-corrected chi connectivity index (χ1v) is 6.63. The Morgan fingerprint density at radius 3 is 2.94 bits per heavy atom. The lowest BCUT2D eigenvalue weighted by atomic mass is 10.3. The Labute approximate surface area is 110 Å². The van der Waals surface area contributed by atoms with Crippen LogP contribution in [0.15, 0.2) is 12.5 Å². The molecule has 0 atom stereocenters. The summed E-state index contributed by atoms with van der Waals surface area (Å²) < 4.78 is 0. The van der Waals surface area contributed by atoms with Crippen LogP contribution in [0.5, 0.6) is 0 Å². The molecule has 0 aliphatic carbocycles. The molecule has 2 N–H and O–H groups in total. The fraction of sp³-hybridized carbons (Fsp3) is 0.417. The van der Waals surface area contributed by atoms with E-state index in [0.29, 0.717) is 13.0 Å². The number of rotatable bonds is 5. The molecule has 2 aromatic heterocycles. The molecule has 0 saturated carbocycles. The van der Waals surface area contributed by atoms with Gasteiger partial charge in [0.2, 0.25) is 5.91 Å². The molecular formula is C12H16N4OS. The molecule has 0 unspecified atom stereocenters. The molecule has 0 bridgehead atoms. The Kier molecular flexibility index (Phi) is 4.09. The molecule has 2 rings (SSSR count). The molecular weight excluding hydrogens is 248 g/mol. The van der Waals surface area contributed by atoms with Gasteiger partial charge in [-0.15, -0.1) is 11.3 Å². The molecule has 0 aliphatic heterocycles. The normalized spacial score (nSPS) is 10.6. The standard InChI is InChI=1S/C12H16N4OS/c1-8-11(18-9(2)16-8)5-12(17)14-4-3-10-6-13-7-15-10/h6-7H,3-5H2,1-2H3,(H,13,15)(H,14,17). The molecule has 6 heteroatoms. The maximum Gasteiger partial charge on any atom is 0.225 e. The molecule has 0 saturated heterocycles. The van der Waals surface area contributed by atoms with Crippen molar-refractivity contribution in [2.24, 2.45) is 0 Å². The number of H-pyrrole nitrogens is 1. The van der Waals surface area contributed by atoms with Crippen LogP contribution in [0.1, 0.15) is 21.3 Å². The Morgan fingerprint density at radius 1 is 1.50 bits per heavy atom. The highest BCUT2D eigenvalue weighted by Gasteiger charge is 2.09. The Bertz CT molecular complexity index is 518. The molecule has 2 heterocycles. The summed E-state index contributed by atoms with van der Waals surface area (Å²) in [5.74, 6) is 0.0428. The summed E-state index contributed by atoms with van der Waals surface area (Å²) in [6.07, 6.45) is 4.59. The zero-order chi connectivity index (χ0) is 13.0. The van der Waals surface area contributed by atoms with E-state index >= 15 is 0 Å². The van der Waals surface area contributed by atoms with Crippen molar-refractivity contribution in [3.63, 3.8) is 0 Å². The van der Waals surface area contributed by atoms with Gasteiger partial charge in [0, 0.05) is 29.7 Å². The Morgan fingerprint density at radius 2 is 2.33 bits per heavy atom. The van der Waals surface area contributed by atoms with E-state index in [9.17, 15) is 4.79 Å². The van der Waals surface area contributed by atoms with Gasteiger partial charge >= 0.3 is 0 Å². The van der Waals surface area contributed by atoms with Crippen molar-refractivity contribution < 1.29 is 4.79 Å². The quantitative estimate of drug-likeness (QED) is 0.857. The lowest BCUT2D eigenvalue weighted by Gasteiger charge is -2.03. The maximum absolute atomic E-state index is 11.7. The van der Waals surface area contributed by atoms with Gasteiger partial charge in [-0.25, -0.2) is 9.97 Å². The zero-order valence-corrected chi connectivity index (χ0v) is 11.3. The van der Waals surface area contributed by atoms with Gasteiger partial charge in [0.15, 0.2) is 0 Å². The average Bonchev–Trinajstić information content (AvgIpc) is 2.90. The van der Waals surface area contributed by atoms with Gasteiger partial charge in [0.1, 0.15) is 0 Å². The fourth-order valence-corrected chi connectivity index (χ4v) is 2.64. The first-order chi connectivity index (χ1) is 8.65. The van der Waals surface area contributed by atoms with Gasteiger partial charge in [0.25, 0.3) is 0 Å². The van der Waals surface area contributed by atoms with Crippen LogP contribution in [0.4, 0.5) is 0 Å². The van der Waals surface area contributed by atoms with E-state index in [0.717, 1.165) is 27.7 Å². The highest BCUT2D eigenvalue weighted by Crippen LogP contribution is 2.17. The average molecular weight is 264 g/mol. The van der Waals surface area contributed by atoms with Crippen molar-refractivity contribution in [1.29, 1.82) is 0 Å². The monoisotopic (exact) mass is 264 g/mol. The van der Waals surface area contributed by atoms with E-state index < -0.39 is 0 Å². The van der Waals surface area contributed by atoms with E-state index in [-0.39, 0.29) is 5.91 Å². The second-order valence-electron chi connectivity index (χ2n) is 4.10. The molecule has 96 valence electrons. The van der Waals surface area contributed by atoms with Crippen LogP contribution in [0.25, 0.3) is 0 Å². The minimum atomic E-state index is 0.0428. The number of nitrogens with one attached hydrogen (secondary N) is 2. The number of aromatic amines is 1. The van der Waals surface area contributed by atoms with Crippen LogP contribution in [-0.2, 0) is 17.6 Å². The number of thiazole rings is 1. The summed E-state index contributed by atoms with van der Waals surface area (Å²) in [6.45, 7) is 4.52. The number of nitrogens with zero attached hydrogens (tertiary/aromatic N) is 2. The van der Waals surface area contributed by atoms with Crippen LogP contribution < -0.4 is 5.32 Å². The van der Waals surface area contributed by atoms with Crippen LogP contribution >= 0.6 is 11.3 Å². The topological polar surface area (TPSA) is 70.7 Å². The summed E-state index contributed by atoms with van der Waals surface area (Å²) in [6, 6.07) is 0. The third-order valence-corrected chi connectivity index (χ3v) is 3.66. The largest absolute Gasteiger partial charge is 0.355 e. The molecule has 0 aromatic carbocycles. The predicted molar refractivity (Wildman–Crippen MR) is 70.6 cm³/mol. The first-order valence-electron chi connectivity index (χ1n) is 5.82. The van der Waals surface area contributed by atoms with Crippen LogP contribution in [-0.4, -0.2) is 27.4 Å². The third kappa shape index (κ3) is 3.40. The third-order valence-electron chi connectivity index (χ3n) is 2.59. The van der Waals surface area contributed by atoms with E-state index in [1.54, 1.807) is 23.9 Å². The van der Waals surface area contributed by atoms with E-state index in [2.05, 4.69) is 20.3 Å². The minimum absolute atomic E-state index is 0.0428. The second-order valence-corrected chi connectivity index (χ2v) is 5.38. The summed E-state index contributed by atoms with van der Waals surface area (Å²) in [5.41, 5.74) is 1.99. The van der Waals surface area contributed by atoms with Gasteiger partial charge in [-0.3, -0.25) is 4.79 Å². The van der Waals surface area contributed by atoms with Gasteiger partial charge in [-0.05, 0) is 13.8 Å². The minimum Gasteiger partial charge on any atom is -0.355 e. The first kappa shape index (κ1) is 12.8. The van der Waals surface area contributed by atoms with Crippen molar-refractivity contribution in [3.8, 4) is 0 Å². The van der Waals surface area contributed by atoms with Crippen LogP contribution in [0, 0.1) is 13.8 Å². The summed E-state index contributed by atoms with van der Waals surface area (Å²) in [4.78, 5) is 24.0. The SMILES string of the molecule is Cc1nc(C)c(CC(=O)NCCc2cnc[nH]2)s1. The van der Waals surface area contributed by atoms with Crippen molar-refractivity contribution in [2.45, 2.75) is 26.7 Å². The molecule has 1 amide bonds. The van der Waals surface area contributed by atoms with Crippen molar-refractivity contribution >= 4 is 17.2 Å². The number of amides is 1. The highest BCUT2D eigenvalue weighted by atomic mass is 32.1. The van der Waals surface area contributed by atoms with Crippen LogP contribution in [0.3, 0.4) is 0 Å². The molecule has 0 fully saturated rings. The fourth-order valence-electron chi connectivity index (χ4n) is 1.70. The lowest BCUT2D eigenvalue weighted by molar-refractivity contribution is -0.120. The Hall–Kier alpha value is -1.69. The van der Waals surface area contributed by atoms with Gasteiger partial charge in [0.05, 0.1) is 23.4 Å². The van der Waals surface area contributed by atoms with E-state index in [4.69, 9.17) is 0 Å². The number of hydrogen-bond donors (Lipinski definition) is 2. The highest BCUT2D eigenvalue weighted by molar-refractivity contribution is 7.11. The molecule has 5 nitrogen and oxygen atoms in total.